The van der Waals surface area contributed by atoms with E-state index in [1.807, 2.05) is 11.8 Å². The molecular formula is C16H25NOS. The number of rotatable bonds is 6. The van der Waals surface area contributed by atoms with Crippen molar-refractivity contribution in [3.05, 3.63) is 29.3 Å². The lowest BCUT2D eigenvalue weighted by Gasteiger charge is -2.28. The van der Waals surface area contributed by atoms with E-state index in [9.17, 15) is 0 Å². The number of aryl methyl sites for hydroxylation is 1. The lowest BCUT2D eigenvalue weighted by Crippen LogP contribution is -2.41. The highest BCUT2D eigenvalue weighted by atomic mass is 32.2. The second-order valence-corrected chi connectivity index (χ2v) is 6.62. The Morgan fingerprint density at radius 3 is 3.00 bits per heavy atom. The fourth-order valence-corrected chi connectivity index (χ4v) is 3.43. The van der Waals surface area contributed by atoms with Crippen LogP contribution in [0.4, 0.5) is 0 Å². The van der Waals surface area contributed by atoms with Crippen molar-refractivity contribution in [1.82, 2.24) is 5.32 Å². The highest BCUT2D eigenvalue weighted by molar-refractivity contribution is 7.99. The monoisotopic (exact) mass is 279 g/mol. The molecule has 1 N–H and O–H groups in total. The van der Waals surface area contributed by atoms with Crippen LogP contribution in [-0.2, 0) is 12.8 Å². The Kier molecular flexibility index (Phi) is 5.59. The molecule has 3 heteroatoms. The van der Waals surface area contributed by atoms with E-state index in [2.05, 4.69) is 37.4 Å². The first-order valence-electron chi connectivity index (χ1n) is 7.22. The van der Waals surface area contributed by atoms with Crippen molar-refractivity contribution in [3.63, 3.8) is 0 Å². The largest absolute Gasteiger partial charge is 0.497 e. The molecule has 1 aromatic carbocycles. The quantitative estimate of drug-likeness (QED) is 0.863. The summed E-state index contributed by atoms with van der Waals surface area (Å²) in [7, 11) is 1.74. The van der Waals surface area contributed by atoms with Crippen molar-refractivity contribution >= 4 is 11.8 Å². The first-order valence-corrected chi connectivity index (χ1v) is 8.38. The van der Waals surface area contributed by atoms with Gasteiger partial charge in [0.1, 0.15) is 5.75 Å². The van der Waals surface area contributed by atoms with Gasteiger partial charge in [-0.1, -0.05) is 13.0 Å². The van der Waals surface area contributed by atoms with E-state index in [1.165, 1.54) is 35.5 Å². The first kappa shape index (κ1) is 14.7. The molecule has 0 fully saturated rings. The van der Waals surface area contributed by atoms with Crippen molar-refractivity contribution < 1.29 is 4.74 Å². The van der Waals surface area contributed by atoms with Gasteiger partial charge in [-0.05, 0) is 55.2 Å². The zero-order valence-electron chi connectivity index (χ0n) is 12.2. The Balaban J connectivity index is 1.93. The topological polar surface area (TPSA) is 21.3 Å². The smallest absolute Gasteiger partial charge is 0.119 e. The van der Waals surface area contributed by atoms with E-state index in [-0.39, 0.29) is 0 Å². The van der Waals surface area contributed by atoms with Crippen LogP contribution < -0.4 is 10.1 Å². The van der Waals surface area contributed by atoms with Crippen LogP contribution in [0.2, 0.25) is 0 Å². The normalized spacial score (nSPS) is 19.8. The Bertz CT molecular complexity index is 408. The molecule has 0 aromatic heterocycles. The van der Waals surface area contributed by atoms with Crippen LogP contribution in [0.25, 0.3) is 0 Å². The minimum atomic E-state index is 0.599. The van der Waals surface area contributed by atoms with Gasteiger partial charge in [0.2, 0.25) is 0 Å². The maximum atomic E-state index is 5.33. The molecule has 106 valence electrons. The number of nitrogens with one attached hydrogen (secondary N) is 1. The summed E-state index contributed by atoms with van der Waals surface area (Å²) in [6.45, 7) is 4.52. The lowest BCUT2D eigenvalue weighted by atomic mass is 9.88. The van der Waals surface area contributed by atoms with Gasteiger partial charge in [0.05, 0.1) is 7.11 Å². The van der Waals surface area contributed by atoms with Gasteiger partial charge in [-0.25, -0.2) is 0 Å². The molecule has 0 saturated carbocycles. The average molecular weight is 279 g/mol. The van der Waals surface area contributed by atoms with Crippen molar-refractivity contribution in [2.45, 2.75) is 45.2 Å². The summed E-state index contributed by atoms with van der Waals surface area (Å²) in [5.41, 5.74) is 2.95. The maximum absolute atomic E-state index is 5.33. The van der Waals surface area contributed by atoms with Crippen molar-refractivity contribution in [1.29, 1.82) is 0 Å². The van der Waals surface area contributed by atoms with Crippen LogP contribution in [0.5, 0.6) is 5.75 Å². The van der Waals surface area contributed by atoms with Crippen LogP contribution in [0, 0.1) is 0 Å². The number of ether oxygens (including phenoxy) is 1. The van der Waals surface area contributed by atoms with Crippen LogP contribution in [-0.4, -0.2) is 30.7 Å². The predicted molar refractivity (Wildman–Crippen MR) is 84.4 cm³/mol. The molecule has 0 radical (unpaired) electrons. The third-order valence-corrected chi connectivity index (χ3v) is 4.88. The third-order valence-electron chi connectivity index (χ3n) is 3.73. The van der Waals surface area contributed by atoms with E-state index in [4.69, 9.17) is 4.74 Å². The van der Waals surface area contributed by atoms with Crippen LogP contribution in [0.3, 0.4) is 0 Å². The molecule has 1 aromatic rings. The molecule has 19 heavy (non-hydrogen) atoms. The molecule has 0 saturated heterocycles. The van der Waals surface area contributed by atoms with Crippen molar-refractivity contribution in [2.75, 3.05) is 18.6 Å². The minimum absolute atomic E-state index is 0.599. The van der Waals surface area contributed by atoms with Gasteiger partial charge in [0.15, 0.2) is 0 Å². The minimum Gasteiger partial charge on any atom is -0.497 e. The number of fused-ring (bicyclic) bond motifs is 1. The summed E-state index contributed by atoms with van der Waals surface area (Å²) in [6, 6.07) is 7.72. The van der Waals surface area contributed by atoms with E-state index in [0.717, 1.165) is 12.2 Å². The van der Waals surface area contributed by atoms with Gasteiger partial charge in [-0.2, -0.15) is 11.8 Å². The molecule has 2 atom stereocenters. The maximum Gasteiger partial charge on any atom is 0.119 e. The number of benzene rings is 1. The summed E-state index contributed by atoms with van der Waals surface area (Å²) in [5.74, 6) is 3.39. The molecule has 0 amide bonds. The summed E-state index contributed by atoms with van der Waals surface area (Å²) in [6.07, 6.45) is 3.57. The Labute approximate surface area is 121 Å². The second kappa shape index (κ2) is 7.20. The zero-order valence-corrected chi connectivity index (χ0v) is 13.1. The Hall–Kier alpha value is -0.670. The molecule has 2 nitrogen and oxygen atoms in total. The molecule has 2 unspecified atom stereocenters. The fourth-order valence-electron chi connectivity index (χ4n) is 2.75. The standard InChI is InChI=1S/C16H25NOS/c1-4-19-11-12(2)17-15-7-5-13-6-8-16(18-3)10-14(13)9-15/h6,8,10,12,15,17H,4-5,7,9,11H2,1-3H3. The number of methoxy groups -OCH3 is 1. The molecule has 0 heterocycles. The van der Waals surface area contributed by atoms with E-state index in [1.54, 1.807) is 7.11 Å². The molecular weight excluding hydrogens is 254 g/mol. The van der Waals surface area contributed by atoms with Gasteiger partial charge in [0, 0.05) is 17.8 Å². The molecule has 2 rings (SSSR count). The summed E-state index contributed by atoms with van der Waals surface area (Å²) < 4.78 is 5.33. The van der Waals surface area contributed by atoms with Gasteiger partial charge < -0.3 is 10.1 Å². The van der Waals surface area contributed by atoms with Crippen LogP contribution >= 0.6 is 11.8 Å². The number of thioether (sulfide) groups is 1. The number of hydrogen-bond acceptors (Lipinski definition) is 3. The highest BCUT2D eigenvalue weighted by Crippen LogP contribution is 2.25. The molecule has 1 aliphatic rings. The molecule has 0 spiro atoms. The van der Waals surface area contributed by atoms with E-state index in [0.29, 0.717) is 12.1 Å². The van der Waals surface area contributed by atoms with Crippen molar-refractivity contribution in [3.8, 4) is 5.75 Å². The van der Waals surface area contributed by atoms with Gasteiger partial charge in [-0.15, -0.1) is 0 Å². The zero-order chi connectivity index (χ0) is 13.7. The number of hydrogen-bond donors (Lipinski definition) is 1. The predicted octanol–water partition coefficient (Wildman–Crippen LogP) is 3.28. The van der Waals surface area contributed by atoms with Gasteiger partial charge in [0.25, 0.3) is 0 Å². The Morgan fingerprint density at radius 1 is 1.42 bits per heavy atom. The first-order chi connectivity index (χ1) is 9.22. The van der Waals surface area contributed by atoms with Gasteiger partial charge >= 0.3 is 0 Å². The molecule has 1 aliphatic carbocycles. The lowest BCUT2D eigenvalue weighted by molar-refractivity contribution is 0.406. The van der Waals surface area contributed by atoms with Crippen LogP contribution in [0.1, 0.15) is 31.4 Å². The summed E-state index contributed by atoms with van der Waals surface area (Å²) >= 11 is 2.01. The summed E-state index contributed by atoms with van der Waals surface area (Å²) in [4.78, 5) is 0. The molecule has 0 bridgehead atoms. The Morgan fingerprint density at radius 2 is 2.26 bits per heavy atom. The van der Waals surface area contributed by atoms with Crippen molar-refractivity contribution in [2.24, 2.45) is 0 Å². The molecule has 0 aliphatic heterocycles. The SMILES string of the molecule is CCSCC(C)NC1CCc2ccc(OC)cc2C1. The third kappa shape index (κ3) is 4.15. The van der Waals surface area contributed by atoms with E-state index < -0.39 is 0 Å². The highest BCUT2D eigenvalue weighted by Gasteiger charge is 2.20. The fraction of sp³-hybridized carbons (Fsp3) is 0.625. The second-order valence-electron chi connectivity index (χ2n) is 5.30. The van der Waals surface area contributed by atoms with Gasteiger partial charge in [-0.3, -0.25) is 0 Å². The average Bonchev–Trinajstić information content (AvgIpc) is 2.44. The van der Waals surface area contributed by atoms with E-state index >= 15 is 0 Å². The van der Waals surface area contributed by atoms with Crippen LogP contribution in [0.15, 0.2) is 18.2 Å². The summed E-state index contributed by atoms with van der Waals surface area (Å²) in [5, 5.41) is 3.77.